The first-order valence-electron chi connectivity index (χ1n) is 9.62. The van der Waals surface area contributed by atoms with E-state index in [1.54, 1.807) is 24.3 Å². The lowest BCUT2D eigenvalue weighted by Gasteiger charge is -2.24. The molecule has 0 saturated heterocycles. The summed E-state index contributed by atoms with van der Waals surface area (Å²) in [4.78, 5) is 25.2. The van der Waals surface area contributed by atoms with Crippen LogP contribution in [-0.4, -0.2) is 23.0 Å². The minimum absolute atomic E-state index is 0.0509. The third kappa shape index (κ3) is 6.29. The number of hydrogen-bond donors (Lipinski definition) is 4. The number of hydrazine groups is 1. The quantitative estimate of drug-likeness (QED) is 0.431. The fourth-order valence-corrected chi connectivity index (χ4v) is 2.91. The first-order valence-corrected chi connectivity index (χ1v) is 10.0. The molecule has 0 bridgehead atoms. The van der Waals surface area contributed by atoms with Crippen molar-refractivity contribution in [2.24, 2.45) is 5.92 Å². The second kappa shape index (κ2) is 10.6. The number of carbonyl (C=O) groups is 2. The maximum atomic E-state index is 12.7. The van der Waals surface area contributed by atoms with Gasteiger partial charge in [-0.05, 0) is 61.3 Å². The van der Waals surface area contributed by atoms with Crippen LogP contribution in [0.1, 0.15) is 41.8 Å². The average molecular weight is 413 g/mol. The predicted molar refractivity (Wildman–Crippen MR) is 121 cm³/mol. The third-order valence-electron chi connectivity index (χ3n) is 4.97. The lowest BCUT2D eigenvalue weighted by Crippen LogP contribution is -2.55. The van der Waals surface area contributed by atoms with Crippen LogP contribution in [0.15, 0.2) is 48.5 Å². The number of aryl methyl sites for hydroxylation is 1. The first kappa shape index (κ1) is 22.4. The van der Waals surface area contributed by atoms with Gasteiger partial charge in [0.05, 0.1) is 0 Å². The standard InChI is InChI=1S/C22H28N4O2S/c1-5-14(2)19(24-20(27)17-11-7-6-8-12-17)21(28)25-26-22(29)23-18-13-9-10-15(3)16(18)4/h6-14,19H,5H2,1-4H3,(H,24,27)(H,25,28)(H2,23,26,29)/t14-,19-/m0/s1. The Morgan fingerprint density at radius 1 is 1.00 bits per heavy atom. The minimum Gasteiger partial charge on any atom is -0.340 e. The summed E-state index contributed by atoms with van der Waals surface area (Å²) in [6, 6.07) is 14.0. The lowest BCUT2D eigenvalue weighted by molar-refractivity contribution is -0.124. The Hall–Kier alpha value is -2.93. The van der Waals surface area contributed by atoms with Crippen LogP contribution in [0.4, 0.5) is 5.69 Å². The number of hydrogen-bond acceptors (Lipinski definition) is 3. The SMILES string of the molecule is CC[C@H](C)[C@H](NC(=O)c1ccccc1)C(=O)NNC(=S)Nc1cccc(C)c1C. The summed E-state index contributed by atoms with van der Waals surface area (Å²) in [5.74, 6) is -0.694. The van der Waals surface area contributed by atoms with E-state index < -0.39 is 6.04 Å². The molecule has 0 aromatic heterocycles. The molecule has 0 aliphatic heterocycles. The van der Waals surface area contributed by atoms with Gasteiger partial charge in [0.25, 0.3) is 11.8 Å². The molecule has 7 heteroatoms. The largest absolute Gasteiger partial charge is 0.340 e. The van der Waals surface area contributed by atoms with Gasteiger partial charge in [-0.2, -0.15) is 0 Å². The lowest BCUT2D eigenvalue weighted by atomic mass is 9.98. The van der Waals surface area contributed by atoms with Crippen molar-refractivity contribution in [3.05, 3.63) is 65.2 Å². The molecule has 0 radical (unpaired) electrons. The van der Waals surface area contributed by atoms with Crippen molar-refractivity contribution in [3.63, 3.8) is 0 Å². The molecule has 2 atom stereocenters. The average Bonchev–Trinajstić information content (AvgIpc) is 2.73. The van der Waals surface area contributed by atoms with E-state index in [1.165, 1.54) is 0 Å². The van der Waals surface area contributed by atoms with E-state index >= 15 is 0 Å². The van der Waals surface area contributed by atoms with Crippen LogP contribution < -0.4 is 21.5 Å². The van der Waals surface area contributed by atoms with E-state index in [2.05, 4.69) is 21.5 Å². The highest BCUT2D eigenvalue weighted by molar-refractivity contribution is 7.80. The summed E-state index contributed by atoms with van der Waals surface area (Å²) in [6.45, 7) is 7.91. The maximum absolute atomic E-state index is 12.7. The molecule has 2 aromatic rings. The molecule has 6 nitrogen and oxygen atoms in total. The summed E-state index contributed by atoms with van der Waals surface area (Å²) in [5.41, 5.74) is 8.92. The van der Waals surface area contributed by atoms with Crippen molar-refractivity contribution >= 4 is 34.8 Å². The molecule has 0 saturated carbocycles. The van der Waals surface area contributed by atoms with Crippen LogP contribution in [0, 0.1) is 19.8 Å². The van der Waals surface area contributed by atoms with E-state index in [0.717, 1.165) is 23.2 Å². The molecule has 4 N–H and O–H groups in total. The normalized spacial score (nSPS) is 12.4. The second-order valence-electron chi connectivity index (χ2n) is 7.02. The van der Waals surface area contributed by atoms with Crippen LogP contribution in [-0.2, 0) is 4.79 Å². The fourth-order valence-electron chi connectivity index (χ4n) is 2.75. The second-order valence-corrected chi connectivity index (χ2v) is 7.43. The highest BCUT2D eigenvalue weighted by Gasteiger charge is 2.26. The predicted octanol–water partition coefficient (Wildman–Crippen LogP) is 3.47. The van der Waals surface area contributed by atoms with Crippen molar-refractivity contribution in [1.29, 1.82) is 0 Å². The molecule has 2 rings (SSSR count). The minimum atomic E-state index is -0.691. The van der Waals surface area contributed by atoms with Crippen molar-refractivity contribution in [2.45, 2.75) is 40.2 Å². The molecule has 0 aliphatic rings. The number of anilines is 1. The van der Waals surface area contributed by atoms with Gasteiger partial charge in [0.1, 0.15) is 6.04 Å². The Kier molecular flexibility index (Phi) is 8.15. The number of carbonyl (C=O) groups excluding carboxylic acids is 2. The maximum Gasteiger partial charge on any atom is 0.261 e. The number of thiocarbonyl (C=S) groups is 1. The smallest absolute Gasteiger partial charge is 0.261 e. The number of amides is 2. The van der Waals surface area contributed by atoms with Gasteiger partial charge in [0.2, 0.25) is 0 Å². The molecular weight excluding hydrogens is 384 g/mol. The van der Waals surface area contributed by atoms with Crippen molar-refractivity contribution in [3.8, 4) is 0 Å². The van der Waals surface area contributed by atoms with Gasteiger partial charge in [-0.15, -0.1) is 0 Å². The number of benzene rings is 2. The topological polar surface area (TPSA) is 82.3 Å². The molecule has 0 spiro atoms. The van der Waals surface area contributed by atoms with Crippen LogP contribution >= 0.6 is 12.2 Å². The summed E-state index contributed by atoms with van der Waals surface area (Å²) >= 11 is 5.28. The van der Waals surface area contributed by atoms with Crippen LogP contribution in [0.3, 0.4) is 0 Å². The van der Waals surface area contributed by atoms with Crippen molar-refractivity contribution < 1.29 is 9.59 Å². The molecule has 154 valence electrons. The Morgan fingerprint density at radius 3 is 2.34 bits per heavy atom. The van der Waals surface area contributed by atoms with E-state index in [-0.39, 0.29) is 22.8 Å². The zero-order chi connectivity index (χ0) is 21.4. The molecule has 0 fully saturated rings. The number of rotatable bonds is 6. The van der Waals surface area contributed by atoms with E-state index in [4.69, 9.17) is 12.2 Å². The monoisotopic (exact) mass is 412 g/mol. The molecule has 0 heterocycles. The van der Waals surface area contributed by atoms with Crippen LogP contribution in [0.2, 0.25) is 0 Å². The molecule has 2 amide bonds. The molecule has 2 aromatic carbocycles. The summed E-state index contributed by atoms with van der Waals surface area (Å²) < 4.78 is 0. The fraction of sp³-hybridized carbons (Fsp3) is 0.318. The Balaban J connectivity index is 1.98. The highest BCUT2D eigenvalue weighted by Crippen LogP contribution is 2.17. The zero-order valence-electron chi connectivity index (χ0n) is 17.2. The Morgan fingerprint density at radius 2 is 1.69 bits per heavy atom. The molecule has 0 aliphatic carbocycles. The Labute approximate surface area is 177 Å². The summed E-state index contributed by atoms with van der Waals surface area (Å²) in [5, 5.41) is 6.16. The van der Waals surface area contributed by atoms with Gasteiger partial charge < -0.3 is 10.6 Å². The van der Waals surface area contributed by atoms with Crippen molar-refractivity contribution in [1.82, 2.24) is 16.2 Å². The number of nitrogens with one attached hydrogen (secondary N) is 4. The van der Waals surface area contributed by atoms with E-state index in [1.807, 2.05) is 52.0 Å². The van der Waals surface area contributed by atoms with Crippen LogP contribution in [0.25, 0.3) is 0 Å². The van der Waals surface area contributed by atoms with Gasteiger partial charge in [-0.1, -0.05) is 50.6 Å². The van der Waals surface area contributed by atoms with Gasteiger partial charge in [-0.25, -0.2) is 0 Å². The zero-order valence-corrected chi connectivity index (χ0v) is 18.0. The van der Waals surface area contributed by atoms with E-state index in [9.17, 15) is 9.59 Å². The highest BCUT2D eigenvalue weighted by atomic mass is 32.1. The van der Waals surface area contributed by atoms with Gasteiger partial charge >= 0.3 is 0 Å². The third-order valence-corrected chi connectivity index (χ3v) is 5.17. The van der Waals surface area contributed by atoms with Crippen LogP contribution in [0.5, 0.6) is 0 Å². The van der Waals surface area contributed by atoms with Crippen molar-refractivity contribution in [2.75, 3.05) is 5.32 Å². The van der Waals surface area contributed by atoms with Gasteiger partial charge in [0, 0.05) is 11.3 Å². The summed E-state index contributed by atoms with van der Waals surface area (Å²) in [7, 11) is 0. The molecular formula is C22H28N4O2S. The molecule has 0 unspecified atom stereocenters. The first-order chi connectivity index (χ1) is 13.8. The summed E-state index contributed by atoms with van der Waals surface area (Å²) in [6.07, 6.45) is 0.734. The van der Waals surface area contributed by atoms with Gasteiger partial charge in [-0.3, -0.25) is 20.4 Å². The van der Waals surface area contributed by atoms with E-state index in [0.29, 0.717) is 5.56 Å². The molecule has 29 heavy (non-hydrogen) atoms. The Bertz CT molecular complexity index is 870. The van der Waals surface area contributed by atoms with Gasteiger partial charge in [0.15, 0.2) is 5.11 Å².